The maximum atomic E-state index is 13.1. The third-order valence-electron chi connectivity index (χ3n) is 5.29. The molecule has 1 saturated carbocycles. The Morgan fingerprint density at radius 1 is 1.05 bits per heavy atom. The quantitative estimate of drug-likeness (QED) is 0.809. The Kier molecular flexibility index (Phi) is 6.34. The van der Waals surface area contributed by atoms with Crippen molar-refractivity contribution in [3.63, 3.8) is 0 Å². The maximum Gasteiger partial charge on any atom is 0.320 e. The summed E-state index contributed by atoms with van der Waals surface area (Å²) < 4.78 is 0. The van der Waals surface area contributed by atoms with Crippen molar-refractivity contribution in [2.24, 2.45) is 5.73 Å². The lowest BCUT2D eigenvalue weighted by Crippen LogP contribution is -2.60. The van der Waals surface area contributed by atoms with Gasteiger partial charge in [0.25, 0.3) is 0 Å². The summed E-state index contributed by atoms with van der Waals surface area (Å²) in [6.45, 7) is 5.50. The van der Waals surface area contributed by atoms with Crippen LogP contribution in [0.1, 0.15) is 71.1 Å². The summed E-state index contributed by atoms with van der Waals surface area (Å²) in [7, 11) is 0. The number of carbonyl (C=O) groups excluding carboxylic acids is 1. The highest BCUT2D eigenvalue weighted by atomic mass is 16.2. The molecule has 2 fully saturated rings. The molecule has 0 aromatic heterocycles. The van der Waals surface area contributed by atoms with Gasteiger partial charge >= 0.3 is 6.03 Å². The van der Waals surface area contributed by atoms with E-state index in [1.165, 1.54) is 32.1 Å². The molecule has 2 N–H and O–H groups in total. The molecule has 4 heteroatoms. The van der Waals surface area contributed by atoms with Crippen LogP contribution in [-0.2, 0) is 0 Å². The van der Waals surface area contributed by atoms with Gasteiger partial charge in [-0.15, -0.1) is 0 Å². The first-order valence-electron chi connectivity index (χ1n) is 9.00. The fourth-order valence-electron chi connectivity index (χ4n) is 3.99. The number of piperidine rings is 1. The molecule has 2 aliphatic rings. The Bertz CT molecular complexity index is 318. The molecule has 4 nitrogen and oxygen atoms in total. The molecule has 1 aliphatic carbocycles. The molecule has 1 saturated heterocycles. The number of amides is 2. The minimum atomic E-state index is -0.0823. The van der Waals surface area contributed by atoms with Gasteiger partial charge in [0.1, 0.15) is 0 Å². The third kappa shape index (κ3) is 3.91. The van der Waals surface area contributed by atoms with E-state index in [-0.39, 0.29) is 11.6 Å². The van der Waals surface area contributed by atoms with E-state index in [9.17, 15) is 4.79 Å². The van der Waals surface area contributed by atoms with Crippen molar-refractivity contribution in [2.75, 3.05) is 26.2 Å². The summed E-state index contributed by atoms with van der Waals surface area (Å²) in [6.07, 6.45) is 11.8. The van der Waals surface area contributed by atoms with Crippen LogP contribution >= 0.6 is 0 Å². The number of hydrogen-bond acceptors (Lipinski definition) is 2. The van der Waals surface area contributed by atoms with Crippen molar-refractivity contribution in [2.45, 2.75) is 76.7 Å². The van der Waals surface area contributed by atoms with Crippen LogP contribution in [-0.4, -0.2) is 47.5 Å². The standard InChI is InChI=1S/C17H33N3O/c1-2-12-20(16(21)19-13-8-5-9-14-19)17(15-18)10-6-3-4-7-11-17/h2-15,18H2,1H3. The molecule has 0 atom stereocenters. The van der Waals surface area contributed by atoms with E-state index in [0.29, 0.717) is 6.54 Å². The number of carbonyl (C=O) groups is 1. The molecule has 21 heavy (non-hydrogen) atoms. The van der Waals surface area contributed by atoms with Gasteiger partial charge in [-0.25, -0.2) is 4.79 Å². The molecule has 0 aromatic rings. The predicted octanol–water partition coefficient (Wildman–Crippen LogP) is 3.36. The molecule has 1 aliphatic heterocycles. The van der Waals surface area contributed by atoms with Gasteiger partial charge in [0, 0.05) is 26.2 Å². The lowest BCUT2D eigenvalue weighted by molar-refractivity contribution is 0.0721. The zero-order chi connectivity index (χ0) is 15.1. The van der Waals surface area contributed by atoms with E-state index in [4.69, 9.17) is 5.73 Å². The first-order chi connectivity index (χ1) is 10.2. The Balaban J connectivity index is 2.15. The second kappa shape index (κ2) is 8.02. The summed E-state index contributed by atoms with van der Waals surface area (Å²) in [4.78, 5) is 17.3. The van der Waals surface area contributed by atoms with Crippen LogP contribution < -0.4 is 5.73 Å². The van der Waals surface area contributed by atoms with Crippen LogP contribution in [0.2, 0.25) is 0 Å². The Labute approximate surface area is 130 Å². The van der Waals surface area contributed by atoms with E-state index in [1.807, 2.05) is 0 Å². The minimum absolute atomic E-state index is 0.0823. The van der Waals surface area contributed by atoms with Crippen LogP contribution in [0.25, 0.3) is 0 Å². The molecular formula is C17H33N3O. The lowest BCUT2D eigenvalue weighted by Gasteiger charge is -2.46. The van der Waals surface area contributed by atoms with Crippen LogP contribution in [0.3, 0.4) is 0 Å². The van der Waals surface area contributed by atoms with Gasteiger partial charge in [0.2, 0.25) is 0 Å². The normalized spacial score (nSPS) is 22.7. The second-order valence-electron chi connectivity index (χ2n) is 6.82. The summed E-state index contributed by atoms with van der Waals surface area (Å²) in [5, 5.41) is 0. The predicted molar refractivity (Wildman–Crippen MR) is 87.3 cm³/mol. The van der Waals surface area contributed by atoms with Gasteiger partial charge in [0.15, 0.2) is 0 Å². The summed E-state index contributed by atoms with van der Waals surface area (Å²) >= 11 is 0. The molecular weight excluding hydrogens is 262 g/mol. The van der Waals surface area contributed by atoms with Crippen molar-refractivity contribution in [1.82, 2.24) is 9.80 Å². The van der Waals surface area contributed by atoms with E-state index in [2.05, 4.69) is 16.7 Å². The molecule has 2 amide bonds. The smallest absolute Gasteiger partial charge is 0.320 e. The summed E-state index contributed by atoms with van der Waals surface area (Å²) in [5.41, 5.74) is 6.11. The largest absolute Gasteiger partial charge is 0.328 e. The molecule has 0 aromatic carbocycles. The van der Waals surface area contributed by atoms with Crippen LogP contribution in [0.15, 0.2) is 0 Å². The van der Waals surface area contributed by atoms with Crippen molar-refractivity contribution >= 4 is 6.03 Å². The number of rotatable bonds is 4. The molecule has 0 radical (unpaired) electrons. The number of likely N-dealkylation sites (tertiary alicyclic amines) is 1. The average molecular weight is 295 g/mol. The lowest BCUT2D eigenvalue weighted by atomic mass is 9.88. The van der Waals surface area contributed by atoms with E-state index < -0.39 is 0 Å². The van der Waals surface area contributed by atoms with Crippen molar-refractivity contribution in [3.8, 4) is 0 Å². The van der Waals surface area contributed by atoms with Gasteiger partial charge in [-0.3, -0.25) is 0 Å². The van der Waals surface area contributed by atoms with Crippen molar-refractivity contribution < 1.29 is 4.79 Å². The minimum Gasteiger partial charge on any atom is -0.328 e. The number of urea groups is 1. The van der Waals surface area contributed by atoms with Crippen LogP contribution in [0, 0.1) is 0 Å². The zero-order valence-electron chi connectivity index (χ0n) is 13.8. The molecule has 0 bridgehead atoms. The Hall–Kier alpha value is -0.770. The van der Waals surface area contributed by atoms with E-state index >= 15 is 0 Å². The highest BCUT2D eigenvalue weighted by molar-refractivity contribution is 5.75. The van der Waals surface area contributed by atoms with Gasteiger partial charge in [0.05, 0.1) is 5.54 Å². The topological polar surface area (TPSA) is 49.6 Å². The second-order valence-corrected chi connectivity index (χ2v) is 6.82. The third-order valence-corrected chi connectivity index (χ3v) is 5.29. The van der Waals surface area contributed by atoms with E-state index in [1.54, 1.807) is 0 Å². The fraction of sp³-hybridized carbons (Fsp3) is 0.941. The van der Waals surface area contributed by atoms with Crippen LogP contribution in [0.5, 0.6) is 0 Å². The zero-order valence-corrected chi connectivity index (χ0v) is 13.8. The molecule has 0 spiro atoms. The Morgan fingerprint density at radius 2 is 1.62 bits per heavy atom. The monoisotopic (exact) mass is 295 g/mol. The van der Waals surface area contributed by atoms with Gasteiger partial charge < -0.3 is 15.5 Å². The number of hydrogen-bond donors (Lipinski definition) is 1. The fourth-order valence-corrected chi connectivity index (χ4v) is 3.99. The first-order valence-corrected chi connectivity index (χ1v) is 9.00. The van der Waals surface area contributed by atoms with E-state index in [0.717, 1.165) is 51.7 Å². The molecule has 2 rings (SSSR count). The summed E-state index contributed by atoms with van der Waals surface area (Å²) in [5.74, 6) is 0. The summed E-state index contributed by atoms with van der Waals surface area (Å²) in [6, 6.07) is 0.254. The number of nitrogens with zero attached hydrogens (tertiary/aromatic N) is 2. The average Bonchev–Trinajstić information content (AvgIpc) is 2.79. The SMILES string of the molecule is CCCN(C(=O)N1CCCCC1)C1(CN)CCCCCC1. The van der Waals surface area contributed by atoms with Crippen molar-refractivity contribution in [1.29, 1.82) is 0 Å². The van der Waals surface area contributed by atoms with Crippen LogP contribution in [0.4, 0.5) is 4.79 Å². The molecule has 0 unspecified atom stereocenters. The molecule has 1 heterocycles. The Morgan fingerprint density at radius 3 is 2.14 bits per heavy atom. The van der Waals surface area contributed by atoms with Crippen molar-refractivity contribution in [3.05, 3.63) is 0 Å². The van der Waals surface area contributed by atoms with Gasteiger partial charge in [-0.2, -0.15) is 0 Å². The number of nitrogens with two attached hydrogens (primary N) is 1. The maximum absolute atomic E-state index is 13.1. The highest BCUT2D eigenvalue weighted by Crippen LogP contribution is 2.33. The van der Waals surface area contributed by atoms with Gasteiger partial charge in [-0.05, 0) is 38.5 Å². The first kappa shape index (κ1) is 16.6. The van der Waals surface area contributed by atoms with Gasteiger partial charge in [-0.1, -0.05) is 32.6 Å². The highest BCUT2D eigenvalue weighted by Gasteiger charge is 2.40. The molecule has 122 valence electrons.